The summed E-state index contributed by atoms with van der Waals surface area (Å²) in [5.41, 5.74) is -0.00181. The standard InChI is InChI=1S/C41H45N3O7/c1-27-36(29-15-5-4-6-16-29)50-40(49)34-32(18-9-10-19-33(46)42-27)51-41-22-13-24-43(31-21-20-28-14-7-8-17-30(28)26-31)39(48)37(41)44(38(47)35(34)41)23-11-2-3-12-25-45/h4-9,13-18,20-22,26-27,32,34-37,45H,2-3,10-12,19,23-25H2,1H3,(H,42,46)/b18-9-/t27-,32-,34+,35+,36+,37-,41+/m1/s1. The normalized spacial score (nSPS) is 30.1. The smallest absolute Gasteiger partial charge is 0.313 e. The number of ether oxygens (including phenoxy) is 2. The van der Waals surface area contributed by atoms with Gasteiger partial charge in [0.2, 0.25) is 11.8 Å². The van der Waals surface area contributed by atoms with Crippen molar-refractivity contribution >= 4 is 40.2 Å². The molecule has 0 unspecified atom stereocenters. The molecule has 2 saturated heterocycles. The lowest BCUT2D eigenvalue weighted by Crippen LogP contribution is -2.55. The summed E-state index contributed by atoms with van der Waals surface area (Å²) in [5.74, 6) is -3.42. The number of nitrogens with zero attached hydrogens (tertiary/aromatic N) is 2. The van der Waals surface area contributed by atoms with Crippen LogP contribution >= 0.6 is 0 Å². The molecule has 4 aliphatic rings. The molecule has 1 spiro atoms. The summed E-state index contributed by atoms with van der Waals surface area (Å²) < 4.78 is 13.2. The summed E-state index contributed by atoms with van der Waals surface area (Å²) in [7, 11) is 0. The number of aliphatic hydroxyl groups excluding tert-OH is 1. The Kier molecular flexibility index (Phi) is 10.1. The number of hydrogen-bond donors (Lipinski definition) is 2. The molecule has 0 aliphatic carbocycles. The zero-order valence-corrected chi connectivity index (χ0v) is 28.9. The van der Waals surface area contributed by atoms with Gasteiger partial charge in [-0.3, -0.25) is 19.2 Å². The average Bonchev–Trinajstić information content (AvgIpc) is 3.52. The van der Waals surface area contributed by atoms with Gasteiger partial charge in [0.05, 0.1) is 18.1 Å². The highest BCUT2D eigenvalue weighted by Gasteiger charge is 2.71. The van der Waals surface area contributed by atoms with E-state index in [1.54, 1.807) is 22.8 Å². The van der Waals surface area contributed by atoms with Crippen molar-refractivity contribution in [3.8, 4) is 0 Å². The number of unbranched alkanes of at least 4 members (excludes halogenated alkanes) is 3. The van der Waals surface area contributed by atoms with Gasteiger partial charge in [-0.2, -0.15) is 0 Å². The molecule has 10 nitrogen and oxygen atoms in total. The summed E-state index contributed by atoms with van der Waals surface area (Å²) in [6, 6.07) is 21.5. The second-order valence-corrected chi connectivity index (χ2v) is 14.0. The van der Waals surface area contributed by atoms with Crippen LogP contribution < -0.4 is 10.2 Å². The minimum absolute atomic E-state index is 0.0965. The van der Waals surface area contributed by atoms with Crippen LogP contribution in [0, 0.1) is 11.8 Å². The first kappa shape index (κ1) is 34.6. The number of cyclic esters (lactones) is 1. The minimum atomic E-state index is -1.42. The number of hydrogen-bond acceptors (Lipinski definition) is 7. The zero-order chi connectivity index (χ0) is 35.5. The van der Waals surface area contributed by atoms with Gasteiger partial charge in [0.25, 0.3) is 5.91 Å². The maximum absolute atomic E-state index is 14.9. The minimum Gasteiger partial charge on any atom is -0.455 e. The SMILES string of the molecule is C[C@H]1NC(=O)CC/C=C\[C@H]2O[C@]34C=CCN(c5ccc6ccccc6c5)C(=O)[C@H]3N(CCCCCCO)C(=O)[C@@H]4[C@H]2C(=O)O[C@@H]1c1ccccc1. The van der Waals surface area contributed by atoms with Gasteiger partial charge >= 0.3 is 5.97 Å². The molecule has 0 bridgehead atoms. The largest absolute Gasteiger partial charge is 0.455 e. The third-order valence-corrected chi connectivity index (χ3v) is 10.7. The second-order valence-electron chi connectivity index (χ2n) is 14.0. The lowest BCUT2D eigenvalue weighted by Gasteiger charge is -2.35. The number of anilines is 1. The number of allylic oxidation sites excluding steroid dienone is 1. The Morgan fingerprint density at radius 2 is 1.65 bits per heavy atom. The Morgan fingerprint density at radius 3 is 2.45 bits per heavy atom. The number of benzene rings is 3. The number of esters is 1. The lowest BCUT2D eigenvalue weighted by molar-refractivity contribution is -0.161. The fourth-order valence-electron chi connectivity index (χ4n) is 8.27. The molecule has 266 valence electrons. The van der Waals surface area contributed by atoms with Crippen LogP contribution in [0.2, 0.25) is 0 Å². The molecule has 0 aromatic heterocycles. The highest BCUT2D eigenvalue weighted by molar-refractivity contribution is 6.06. The molecule has 3 aromatic rings. The quantitative estimate of drug-likeness (QED) is 0.193. The molecule has 3 aromatic carbocycles. The third-order valence-electron chi connectivity index (χ3n) is 10.7. The predicted molar refractivity (Wildman–Crippen MR) is 192 cm³/mol. The van der Waals surface area contributed by atoms with E-state index in [0.717, 1.165) is 23.6 Å². The fraction of sp³-hybridized carbons (Fsp3) is 0.415. The highest BCUT2D eigenvalue weighted by atomic mass is 16.6. The molecule has 7 atom stereocenters. The van der Waals surface area contributed by atoms with Gasteiger partial charge in [0.1, 0.15) is 23.7 Å². The second kappa shape index (κ2) is 14.8. The predicted octanol–water partition coefficient (Wildman–Crippen LogP) is 5.02. The van der Waals surface area contributed by atoms with Crippen LogP contribution in [-0.4, -0.2) is 77.2 Å². The number of fused-ring (bicyclic) bond motifs is 3. The molecule has 4 aliphatic heterocycles. The van der Waals surface area contributed by atoms with E-state index in [-0.39, 0.29) is 37.3 Å². The van der Waals surface area contributed by atoms with E-state index in [1.807, 2.05) is 91.0 Å². The van der Waals surface area contributed by atoms with Crippen molar-refractivity contribution in [3.63, 3.8) is 0 Å². The molecule has 4 heterocycles. The maximum atomic E-state index is 14.9. The zero-order valence-electron chi connectivity index (χ0n) is 28.9. The summed E-state index contributed by atoms with van der Waals surface area (Å²) in [6.07, 6.45) is 9.09. The number of likely N-dealkylation sites (tertiary alicyclic amines) is 1. The van der Waals surface area contributed by atoms with Crippen molar-refractivity contribution in [2.75, 3.05) is 24.6 Å². The number of nitrogens with one attached hydrogen (secondary N) is 1. The van der Waals surface area contributed by atoms with Crippen LogP contribution in [0.1, 0.15) is 57.1 Å². The molecular weight excluding hydrogens is 646 g/mol. The molecule has 3 amide bonds. The summed E-state index contributed by atoms with van der Waals surface area (Å²) >= 11 is 0. The van der Waals surface area contributed by atoms with Crippen LogP contribution in [0.15, 0.2) is 97.1 Å². The topological polar surface area (TPSA) is 125 Å². The molecule has 2 fully saturated rings. The maximum Gasteiger partial charge on any atom is 0.313 e. The lowest BCUT2D eigenvalue weighted by atomic mass is 9.77. The molecule has 51 heavy (non-hydrogen) atoms. The Bertz CT molecular complexity index is 1840. The third kappa shape index (κ3) is 6.58. The van der Waals surface area contributed by atoms with E-state index in [2.05, 4.69) is 5.32 Å². The van der Waals surface area contributed by atoms with Crippen LogP contribution in [0.25, 0.3) is 10.8 Å². The monoisotopic (exact) mass is 691 g/mol. The van der Waals surface area contributed by atoms with Gasteiger partial charge in [0, 0.05) is 31.8 Å². The van der Waals surface area contributed by atoms with Crippen molar-refractivity contribution in [1.82, 2.24) is 10.2 Å². The van der Waals surface area contributed by atoms with Gasteiger partial charge in [-0.1, -0.05) is 97.8 Å². The Hall–Kier alpha value is -4.80. The molecular formula is C41H45N3O7. The number of amides is 3. The van der Waals surface area contributed by atoms with Crippen LogP contribution in [0.3, 0.4) is 0 Å². The van der Waals surface area contributed by atoms with Crippen molar-refractivity contribution in [1.29, 1.82) is 0 Å². The van der Waals surface area contributed by atoms with Gasteiger partial charge < -0.3 is 29.7 Å². The molecule has 10 heteroatoms. The van der Waals surface area contributed by atoms with E-state index in [9.17, 15) is 24.3 Å². The Balaban J connectivity index is 1.28. The van der Waals surface area contributed by atoms with Crippen LogP contribution in [-0.2, 0) is 28.7 Å². The van der Waals surface area contributed by atoms with Crippen molar-refractivity contribution in [2.45, 2.75) is 75.3 Å². The van der Waals surface area contributed by atoms with E-state index in [0.29, 0.717) is 37.1 Å². The van der Waals surface area contributed by atoms with Crippen molar-refractivity contribution < 1.29 is 33.8 Å². The number of aliphatic hydroxyl groups is 1. The number of carbonyl (C=O) groups is 4. The fourth-order valence-corrected chi connectivity index (χ4v) is 8.27. The first-order valence-corrected chi connectivity index (χ1v) is 18.1. The van der Waals surface area contributed by atoms with Crippen LogP contribution in [0.5, 0.6) is 0 Å². The van der Waals surface area contributed by atoms with E-state index in [4.69, 9.17) is 9.47 Å². The van der Waals surface area contributed by atoms with Crippen molar-refractivity contribution in [3.05, 3.63) is 103 Å². The Morgan fingerprint density at radius 1 is 0.882 bits per heavy atom. The highest BCUT2D eigenvalue weighted by Crippen LogP contribution is 2.53. The van der Waals surface area contributed by atoms with Gasteiger partial charge in [-0.05, 0) is 54.7 Å². The Labute approximate surface area is 298 Å². The van der Waals surface area contributed by atoms with Gasteiger partial charge in [0.15, 0.2) is 0 Å². The first-order valence-electron chi connectivity index (χ1n) is 18.1. The number of carbonyl (C=O) groups excluding carboxylic acids is 4. The molecule has 0 saturated carbocycles. The van der Waals surface area contributed by atoms with Crippen LogP contribution in [0.4, 0.5) is 5.69 Å². The molecule has 0 radical (unpaired) electrons. The average molecular weight is 692 g/mol. The number of rotatable bonds is 8. The molecule has 7 rings (SSSR count). The summed E-state index contributed by atoms with van der Waals surface area (Å²) in [4.78, 5) is 60.4. The van der Waals surface area contributed by atoms with E-state index in [1.165, 1.54) is 0 Å². The van der Waals surface area contributed by atoms with E-state index < -0.39 is 47.7 Å². The van der Waals surface area contributed by atoms with E-state index >= 15 is 0 Å². The summed E-state index contributed by atoms with van der Waals surface area (Å²) in [6.45, 7) is 2.47. The van der Waals surface area contributed by atoms with Crippen molar-refractivity contribution in [2.24, 2.45) is 11.8 Å². The first-order chi connectivity index (χ1) is 24.8. The molecule has 2 N–H and O–H groups in total. The van der Waals surface area contributed by atoms with Gasteiger partial charge in [-0.25, -0.2) is 0 Å². The van der Waals surface area contributed by atoms with Gasteiger partial charge in [-0.15, -0.1) is 0 Å². The summed E-state index contributed by atoms with van der Waals surface area (Å²) in [5, 5.41) is 14.3.